The fourth-order valence-corrected chi connectivity index (χ4v) is 1.21. The first-order valence-corrected chi connectivity index (χ1v) is 4.74. The summed E-state index contributed by atoms with van der Waals surface area (Å²) in [5, 5.41) is 2.91. The normalized spacial score (nSPS) is 15.1. The molecule has 0 aliphatic heterocycles. The SMILES string of the molecule is Nc1ccc(CC(=O)NC2CC2)nc1. The van der Waals surface area contributed by atoms with Gasteiger partial charge in [-0.15, -0.1) is 0 Å². The second kappa shape index (κ2) is 3.65. The van der Waals surface area contributed by atoms with Gasteiger partial charge in [-0.3, -0.25) is 9.78 Å². The number of carbonyl (C=O) groups is 1. The summed E-state index contributed by atoms with van der Waals surface area (Å²) in [5.74, 6) is 0.0461. The van der Waals surface area contributed by atoms with Gasteiger partial charge in [0.1, 0.15) is 0 Å². The molecule has 1 fully saturated rings. The number of nitrogens with one attached hydrogen (secondary N) is 1. The van der Waals surface area contributed by atoms with Crippen molar-refractivity contribution in [3.05, 3.63) is 24.0 Å². The number of amides is 1. The van der Waals surface area contributed by atoms with Gasteiger partial charge in [0.05, 0.1) is 18.3 Å². The van der Waals surface area contributed by atoms with Gasteiger partial charge in [-0.2, -0.15) is 0 Å². The first kappa shape index (κ1) is 8.99. The third-order valence-electron chi connectivity index (χ3n) is 2.13. The summed E-state index contributed by atoms with van der Waals surface area (Å²) in [6, 6.07) is 3.95. The lowest BCUT2D eigenvalue weighted by atomic mass is 10.2. The van der Waals surface area contributed by atoms with Crippen LogP contribution in [-0.4, -0.2) is 16.9 Å². The number of carbonyl (C=O) groups excluding carboxylic acids is 1. The molecule has 4 nitrogen and oxygen atoms in total. The molecule has 1 aromatic rings. The molecule has 0 bridgehead atoms. The van der Waals surface area contributed by atoms with Crippen molar-refractivity contribution in [3.8, 4) is 0 Å². The fraction of sp³-hybridized carbons (Fsp3) is 0.400. The highest BCUT2D eigenvalue weighted by Gasteiger charge is 2.23. The second-order valence-electron chi connectivity index (χ2n) is 3.60. The van der Waals surface area contributed by atoms with Crippen LogP contribution >= 0.6 is 0 Å². The Labute approximate surface area is 82.5 Å². The van der Waals surface area contributed by atoms with Crippen molar-refractivity contribution >= 4 is 11.6 Å². The summed E-state index contributed by atoms with van der Waals surface area (Å²) in [6.07, 6.45) is 4.14. The molecule has 4 heteroatoms. The van der Waals surface area contributed by atoms with Crippen LogP contribution in [0.3, 0.4) is 0 Å². The molecule has 1 aliphatic carbocycles. The zero-order valence-electron chi connectivity index (χ0n) is 7.86. The molecule has 0 saturated heterocycles. The van der Waals surface area contributed by atoms with Crippen molar-refractivity contribution in [1.82, 2.24) is 10.3 Å². The number of anilines is 1. The van der Waals surface area contributed by atoms with Gasteiger partial charge < -0.3 is 11.1 Å². The van der Waals surface area contributed by atoms with E-state index in [2.05, 4.69) is 10.3 Å². The molecule has 0 radical (unpaired) electrons. The molecule has 3 N–H and O–H groups in total. The van der Waals surface area contributed by atoms with Gasteiger partial charge in [0.15, 0.2) is 0 Å². The lowest BCUT2D eigenvalue weighted by Gasteiger charge is -2.02. The van der Waals surface area contributed by atoms with Gasteiger partial charge >= 0.3 is 0 Å². The number of aromatic nitrogens is 1. The van der Waals surface area contributed by atoms with E-state index in [1.807, 2.05) is 0 Å². The van der Waals surface area contributed by atoms with Gasteiger partial charge in [-0.05, 0) is 25.0 Å². The average Bonchev–Trinajstić information content (AvgIpc) is 2.93. The van der Waals surface area contributed by atoms with Crippen molar-refractivity contribution in [1.29, 1.82) is 0 Å². The molecule has 1 aliphatic rings. The fourth-order valence-electron chi connectivity index (χ4n) is 1.21. The standard InChI is InChI=1S/C10H13N3O/c11-7-1-2-9(12-6-7)5-10(14)13-8-3-4-8/h1-2,6,8H,3-5,11H2,(H,13,14). The summed E-state index contributed by atoms with van der Waals surface area (Å²) in [6.45, 7) is 0. The van der Waals surface area contributed by atoms with Crippen LogP contribution in [0.1, 0.15) is 18.5 Å². The number of rotatable bonds is 3. The Morgan fingerprint density at radius 1 is 1.57 bits per heavy atom. The molecule has 0 aromatic carbocycles. The molecule has 2 rings (SSSR count). The molecule has 0 atom stereocenters. The molecule has 74 valence electrons. The lowest BCUT2D eigenvalue weighted by Crippen LogP contribution is -2.27. The first-order chi connectivity index (χ1) is 6.74. The van der Waals surface area contributed by atoms with Crippen LogP contribution < -0.4 is 11.1 Å². The molecule has 0 spiro atoms. The van der Waals surface area contributed by atoms with E-state index in [0.29, 0.717) is 18.2 Å². The molecule has 1 heterocycles. The van der Waals surface area contributed by atoms with E-state index in [0.717, 1.165) is 18.5 Å². The van der Waals surface area contributed by atoms with Crippen LogP contribution in [0.5, 0.6) is 0 Å². The third kappa shape index (κ3) is 2.45. The Morgan fingerprint density at radius 2 is 2.36 bits per heavy atom. The quantitative estimate of drug-likeness (QED) is 0.730. The average molecular weight is 191 g/mol. The smallest absolute Gasteiger partial charge is 0.226 e. The number of nitrogen functional groups attached to an aromatic ring is 1. The van der Waals surface area contributed by atoms with Crippen LogP contribution in [-0.2, 0) is 11.2 Å². The minimum absolute atomic E-state index is 0.0461. The minimum atomic E-state index is 0.0461. The number of hydrogen-bond acceptors (Lipinski definition) is 3. The lowest BCUT2D eigenvalue weighted by molar-refractivity contribution is -0.120. The highest BCUT2D eigenvalue weighted by molar-refractivity contribution is 5.78. The number of nitrogens with zero attached hydrogens (tertiary/aromatic N) is 1. The Bertz CT molecular complexity index is 330. The van der Waals surface area contributed by atoms with Crippen molar-refractivity contribution < 1.29 is 4.79 Å². The Balaban J connectivity index is 1.89. The maximum atomic E-state index is 11.4. The van der Waals surface area contributed by atoms with Crippen LogP contribution in [0.2, 0.25) is 0 Å². The van der Waals surface area contributed by atoms with Crippen molar-refractivity contribution in [2.45, 2.75) is 25.3 Å². The minimum Gasteiger partial charge on any atom is -0.397 e. The first-order valence-electron chi connectivity index (χ1n) is 4.74. The molecule has 0 unspecified atom stereocenters. The zero-order chi connectivity index (χ0) is 9.97. The highest BCUT2D eigenvalue weighted by atomic mass is 16.1. The van der Waals surface area contributed by atoms with Crippen molar-refractivity contribution in [3.63, 3.8) is 0 Å². The number of hydrogen-bond donors (Lipinski definition) is 2. The number of nitrogens with two attached hydrogens (primary N) is 1. The monoisotopic (exact) mass is 191 g/mol. The molecular weight excluding hydrogens is 178 g/mol. The van der Waals surface area contributed by atoms with Gasteiger partial charge in [-0.25, -0.2) is 0 Å². The summed E-state index contributed by atoms with van der Waals surface area (Å²) < 4.78 is 0. The Hall–Kier alpha value is -1.58. The van der Waals surface area contributed by atoms with Crippen molar-refractivity contribution in [2.24, 2.45) is 0 Å². The van der Waals surface area contributed by atoms with E-state index in [4.69, 9.17) is 5.73 Å². The molecule has 1 saturated carbocycles. The van der Waals surface area contributed by atoms with Crippen LogP contribution in [0.25, 0.3) is 0 Å². The Kier molecular flexibility index (Phi) is 2.35. The topological polar surface area (TPSA) is 68.0 Å². The van der Waals surface area contributed by atoms with Gasteiger partial charge in [0.25, 0.3) is 0 Å². The largest absolute Gasteiger partial charge is 0.397 e. The van der Waals surface area contributed by atoms with Crippen LogP contribution in [0.15, 0.2) is 18.3 Å². The maximum absolute atomic E-state index is 11.4. The summed E-state index contributed by atoms with van der Waals surface area (Å²) in [7, 11) is 0. The summed E-state index contributed by atoms with van der Waals surface area (Å²) in [5.41, 5.74) is 6.87. The highest BCUT2D eigenvalue weighted by Crippen LogP contribution is 2.18. The second-order valence-corrected chi connectivity index (χ2v) is 3.60. The summed E-state index contributed by atoms with van der Waals surface area (Å²) >= 11 is 0. The van der Waals surface area contributed by atoms with Gasteiger partial charge in [-0.1, -0.05) is 0 Å². The number of pyridine rings is 1. The van der Waals surface area contributed by atoms with Crippen LogP contribution in [0, 0.1) is 0 Å². The molecule has 14 heavy (non-hydrogen) atoms. The maximum Gasteiger partial charge on any atom is 0.226 e. The van der Waals surface area contributed by atoms with Gasteiger partial charge in [0.2, 0.25) is 5.91 Å². The molecule has 1 amide bonds. The van der Waals surface area contributed by atoms with E-state index >= 15 is 0 Å². The third-order valence-corrected chi connectivity index (χ3v) is 2.13. The van der Waals surface area contributed by atoms with E-state index in [1.54, 1.807) is 18.3 Å². The van der Waals surface area contributed by atoms with Crippen LogP contribution in [0.4, 0.5) is 5.69 Å². The predicted molar refractivity (Wildman–Crippen MR) is 53.5 cm³/mol. The molecule has 1 aromatic heterocycles. The van der Waals surface area contributed by atoms with Crippen molar-refractivity contribution in [2.75, 3.05) is 5.73 Å². The predicted octanol–water partition coefficient (Wildman–Crippen LogP) is 0.485. The zero-order valence-corrected chi connectivity index (χ0v) is 7.86. The summed E-state index contributed by atoms with van der Waals surface area (Å²) in [4.78, 5) is 15.4. The van der Waals surface area contributed by atoms with Gasteiger partial charge in [0, 0.05) is 11.7 Å². The van der Waals surface area contributed by atoms with E-state index < -0.39 is 0 Å². The van der Waals surface area contributed by atoms with E-state index in [1.165, 1.54) is 0 Å². The van der Waals surface area contributed by atoms with E-state index in [9.17, 15) is 4.79 Å². The van der Waals surface area contributed by atoms with E-state index in [-0.39, 0.29) is 5.91 Å². The Morgan fingerprint density at radius 3 is 2.93 bits per heavy atom. The molecular formula is C10H13N3O.